The van der Waals surface area contributed by atoms with Crippen LogP contribution in [0.25, 0.3) is 0 Å². The van der Waals surface area contributed by atoms with Gasteiger partial charge in [0.15, 0.2) is 0 Å². The van der Waals surface area contributed by atoms with E-state index in [0.29, 0.717) is 5.92 Å². The van der Waals surface area contributed by atoms with E-state index in [1.165, 1.54) is 11.7 Å². The lowest BCUT2D eigenvalue weighted by molar-refractivity contribution is 0.346. The van der Waals surface area contributed by atoms with E-state index in [0.717, 1.165) is 30.5 Å². The van der Waals surface area contributed by atoms with E-state index < -0.39 is 5.69 Å². The van der Waals surface area contributed by atoms with E-state index in [4.69, 9.17) is 0 Å². The van der Waals surface area contributed by atoms with Gasteiger partial charge in [0.05, 0.1) is 0 Å². The van der Waals surface area contributed by atoms with Gasteiger partial charge in [-0.1, -0.05) is 0 Å². The molecule has 1 aromatic heterocycles. The van der Waals surface area contributed by atoms with Crippen LogP contribution in [0.1, 0.15) is 19.8 Å². The highest BCUT2D eigenvalue weighted by Gasteiger charge is 2.21. The summed E-state index contributed by atoms with van der Waals surface area (Å²) in [7, 11) is 3.00. The summed E-state index contributed by atoms with van der Waals surface area (Å²) in [4.78, 5) is 23.5. The third-order valence-corrected chi connectivity index (χ3v) is 3.73. The number of anilines is 1. The van der Waals surface area contributed by atoms with Gasteiger partial charge in [-0.05, 0) is 38.8 Å². The predicted octanol–water partition coefficient (Wildman–Crippen LogP) is -0.721. The molecule has 1 saturated heterocycles. The molecule has 0 radical (unpaired) electrons. The van der Waals surface area contributed by atoms with Crippen LogP contribution in [0.4, 0.5) is 5.82 Å². The highest BCUT2D eigenvalue weighted by molar-refractivity contribution is 5.31. The number of hydrogen-bond acceptors (Lipinski definition) is 5. The first-order chi connectivity index (χ1) is 9.00. The largest absolute Gasteiger partial charge is 0.361 e. The fraction of sp³-hybridized carbons (Fsp3) is 0.750. The first-order valence-corrected chi connectivity index (χ1v) is 6.62. The zero-order chi connectivity index (χ0) is 14.0. The summed E-state index contributed by atoms with van der Waals surface area (Å²) in [5.41, 5.74) is -0.791. The van der Waals surface area contributed by atoms with E-state index in [1.54, 1.807) is 7.05 Å². The van der Waals surface area contributed by atoms with Gasteiger partial charge < -0.3 is 10.6 Å². The van der Waals surface area contributed by atoms with Gasteiger partial charge >= 0.3 is 5.69 Å². The Morgan fingerprint density at radius 2 is 2.16 bits per heavy atom. The first-order valence-electron chi connectivity index (χ1n) is 6.62. The molecular formula is C12H21N5O2. The Kier molecular flexibility index (Phi) is 4.04. The lowest BCUT2D eigenvalue weighted by Gasteiger charge is -2.29. The van der Waals surface area contributed by atoms with Gasteiger partial charge in [0.1, 0.15) is 0 Å². The van der Waals surface area contributed by atoms with Crippen LogP contribution in [0, 0.1) is 5.92 Å². The number of hydrogen-bond donors (Lipinski definition) is 2. The van der Waals surface area contributed by atoms with Crippen molar-refractivity contribution in [2.75, 3.05) is 18.4 Å². The van der Waals surface area contributed by atoms with Gasteiger partial charge in [-0.15, -0.1) is 5.10 Å². The summed E-state index contributed by atoms with van der Waals surface area (Å²) in [6.07, 6.45) is 2.28. The molecule has 0 aliphatic carbocycles. The number of aryl methyl sites for hydroxylation is 1. The molecule has 2 unspecified atom stereocenters. The molecule has 2 rings (SSSR count). The maximum absolute atomic E-state index is 12.0. The minimum absolute atomic E-state index is 0.144. The smallest absolute Gasteiger partial charge is 0.346 e. The molecule has 7 nitrogen and oxygen atoms in total. The predicted molar refractivity (Wildman–Crippen MR) is 73.4 cm³/mol. The summed E-state index contributed by atoms with van der Waals surface area (Å²) >= 11 is 0. The Balaban J connectivity index is 2.19. The number of piperidine rings is 1. The molecule has 0 spiro atoms. The monoisotopic (exact) mass is 267 g/mol. The van der Waals surface area contributed by atoms with E-state index >= 15 is 0 Å². The van der Waals surface area contributed by atoms with Gasteiger partial charge in [0, 0.05) is 20.1 Å². The maximum atomic E-state index is 12.0. The van der Waals surface area contributed by atoms with Gasteiger partial charge in [-0.25, -0.2) is 9.48 Å². The van der Waals surface area contributed by atoms with Gasteiger partial charge in [-0.2, -0.15) is 0 Å². The minimum Gasteiger partial charge on any atom is -0.361 e. The Morgan fingerprint density at radius 1 is 1.42 bits per heavy atom. The van der Waals surface area contributed by atoms with Crippen molar-refractivity contribution in [3.05, 3.63) is 20.8 Å². The Morgan fingerprint density at radius 3 is 2.79 bits per heavy atom. The van der Waals surface area contributed by atoms with Crippen LogP contribution in [0.5, 0.6) is 0 Å². The van der Waals surface area contributed by atoms with Crippen LogP contribution in [0.3, 0.4) is 0 Å². The van der Waals surface area contributed by atoms with E-state index in [-0.39, 0.29) is 17.4 Å². The van der Waals surface area contributed by atoms with Gasteiger partial charge in [-0.3, -0.25) is 9.36 Å². The molecule has 0 amide bonds. The molecule has 1 aliphatic heterocycles. The second-order valence-corrected chi connectivity index (χ2v) is 5.16. The zero-order valence-electron chi connectivity index (χ0n) is 11.6. The summed E-state index contributed by atoms with van der Waals surface area (Å²) in [6, 6.07) is 0.144. The molecule has 1 aromatic rings. The van der Waals surface area contributed by atoms with Crippen molar-refractivity contribution in [3.63, 3.8) is 0 Å². The molecule has 2 atom stereocenters. The molecule has 2 N–H and O–H groups in total. The lowest BCUT2D eigenvalue weighted by Crippen LogP contribution is -2.43. The van der Waals surface area contributed by atoms with Crippen LogP contribution in [-0.4, -0.2) is 33.5 Å². The molecule has 1 aliphatic rings. The normalized spacial score (nSPS) is 21.1. The summed E-state index contributed by atoms with van der Waals surface area (Å²) in [6.45, 7) is 4.05. The average molecular weight is 267 g/mol. The Hall–Kier alpha value is -1.63. The zero-order valence-corrected chi connectivity index (χ0v) is 11.6. The SMILES string of the molecule is CC(Nc1nn(C)c(=O)n(C)c1=O)C1CCCNC1. The molecular weight excluding hydrogens is 246 g/mol. The van der Waals surface area contributed by atoms with Crippen LogP contribution >= 0.6 is 0 Å². The number of nitrogens with zero attached hydrogens (tertiary/aromatic N) is 3. The third kappa shape index (κ3) is 2.86. The second kappa shape index (κ2) is 5.56. The molecule has 0 bridgehead atoms. The molecule has 7 heteroatoms. The highest BCUT2D eigenvalue weighted by atomic mass is 16.2. The van der Waals surface area contributed by atoms with Crippen molar-refractivity contribution in [3.8, 4) is 0 Å². The summed E-state index contributed by atoms with van der Waals surface area (Å²) in [5.74, 6) is 0.708. The Labute approximate surface area is 111 Å². The average Bonchev–Trinajstić information content (AvgIpc) is 2.43. The molecule has 0 aromatic carbocycles. The molecule has 19 heavy (non-hydrogen) atoms. The standard InChI is InChI=1S/C12H21N5O2/c1-8(9-5-4-6-13-7-9)14-10-11(18)16(2)12(19)17(3)15-10/h8-9,13H,4-7H2,1-3H3,(H,14,15). The maximum Gasteiger partial charge on any atom is 0.346 e. The van der Waals surface area contributed by atoms with Gasteiger partial charge in [0.25, 0.3) is 5.56 Å². The fourth-order valence-corrected chi connectivity index (χ4v) is 2.43. The summed E-state index contributed by atoms with van der Waals surface area (Å²) < 4.78 is 2.25. The topological polar surface area (TPSA) is 81.0 Å². The molecule has 106 valence electrons. The van der Waals surface area contributed by atoms with Crippen molar-refractivity contribution >= 4 is 5.82 Å². The second-order valence-electron chi connectivity index (χ2n) is 5.16. The van der Waals surface area contributed by atoms with Crippen LogP contribution in [-0.2, 0) is 14.1 Å². The summed E-state index contributed by atoms with van der Waals surface area (Å²) in [5, 5.41) is 10.5. The van der Waals surface area contributed by atoms with Crippen molar-refractivity contribution in [1.82, 2.24) is 19.7 Å². The lowest BCUT2D eigenvalue weighted by atomic mass is 9.93. The van der Waals surface area contributed by atoms with Crippen LogP contribution in [0.15, 0.2) is 9.59 Å². The molecule has 0 saturated carbocycles. The van der Waals surface area contributed by atoms with E-state index in [9.17, 15) is 9.59 Å². The number of aromatic nitrogens is 3. The van der Waals surface area contributed by atoms with Crippen LogP contribution in [0.2, 0.25) is 0 Å². The molecule has 1 fully saturated rings. The van der Waals surface area contributed by atoms with Crippen molar-refractivity contribution in [2.24, 2.45) is 20.0 Å². The Bertz CT molecular complexity index is 556. The van der Waals surface area contributed by atoms with Crippen molar-refractivity contribution in [2.45, 2.75) is 25.8 Å². The van der Waals surface area contributed by atoms with Gasteiger partial charge in [0.2, 0.25) is 5.82 Å². The van der Waals surface area contributed by atoms with Crippen molar-refractivity contribution in [1.29, 1.82) is 0 Å². The third-order valence-electron chi connectivity index (χ3n) is 3.73. The minimum atomic E-state index is -0.414. The molecule has 2 heterocycles. The van der Waals surface area contributed by atoms with E-state index in [2.05, 4.69) is 15.7 Å². The highest BCUT2D eigenvalue weighted by Crippen LogP contribution is 2.16. The number of rotatable bonds is 3. The van der Waals surface area contributed by atoms with E-state index in [1.807, 2.05) is 6.92 Å². The first kappa shape index (κ1) is 13.8. The number of nitrogens with one attached hydrogen (secondary N) is 2. The van der Waals surface area contributed by atoms with Crippen molar-refractivity contribution < 1.29 is 0 Å². The fourth-order valence-electron chi connectivity index (χ4n) is 2.43. The van der Waals surface area contributed by atoms with Crippen LogP contribution < -0.4 is 21.9 Å². The quantitative estimate of drug-likeness (QED) is 0.755.